The van der Waals surface area contributed by atoms with Crippen molar-refractivity contribution in [2.24, 2.45) is 5.10 Å². The number of hydrogen-bond acceptors (Lipinski definition) is 4. The molecule has 0 radical (unpaired) electrons. The van der Waals surface area contributed by atoms with E-state index in [-0.39, 0.29) is 5.75 Å². The van der Waals surface area contributed by atoms with E-state index in [2.05, 4.69) is 10.0 Å². The fraction of sp³-hybridized carbons (Fsp3) is 0.235. The quantitative estimate of drug-likeness (QED) is 0.884. The van der Waals surface area contributed by atoms with Gasteiger partial charge in [-0.25, -0.2) is 0 Å². The van der Waals surface area contributed by atoms with Gasteiger partial charge in [-0.05, 0) is 36.4 Å². The lowest BCUT2D eigenvalue weighted by Crippen LogP contribution is -2.44. The van der Waals surface area contributed by atoms with Crippen molar-refractivity contribution in [3.8, 4) is 5.75 Å². The SMILES string of the molecule is Oc1ccccc1C=NN1CCN(c2ccc(Cl)cc2)CC1. The molecule has 2 aromatic rings. The molecule has 0 atom stereocenters. The zero-order valence-corrected chi connectivity index (χ0v) is 12.9. The molecular weight excluding hydrogens is 298 g/mol. The summed E-state index contributed by atoms with van der Waals surface area (Å²) in [6.07, 6.45) is 1.72. The molecule has 0 saturated carbocycles. The van der Waals surface area contributed by atoms with E-state index in [0.29, 0.717) is 0 Å². The summed E-state index contributed by atoms with van der Waals surface area (Å²) in [4.78, 5) is 2.32. The van der Waals surface area contributed by atoms with Gasteiger partial charge in [0.05, 0.1) is 19.3 Å². The molecule has 1 saturated heterocycles. The number of hydrazone groups is 1. The summed E-state index contributed by atoms with van der Waals surface area (Å²) < 4.78 is 0. The predicted octanol–water partition coefficient (Wildman–Crippen LogP) is 3.20. The Bertz CT molecular complexity index is 649. The highest BCUT2D eigenvalue weighted by Gasteiger charge is 2.15. The smallest absolute Gasteiger partial charge is 0.124 e. The van der Waals surface area contributed by atoms with Gasteiger partial charge in [0.25, 0.3) is 0 Å². The fourth-order valence-electron chi connectivity index (χ4n) is 2.46. The molecule has 4 nitrogen and oxygen atoms in total. The van der Waals surface area contributed by atoms with E-state index in [1.807, 2.05) is 41.4 Å². The second kappa shape index (κ2) is 6.71. The van der Waals surface area contributed by atoms with E-state index in [0.717, 1.165) is 36.8 Å². The Balaban J connectivity index is 1.58. The van der Waals surface area contributed by atoms with Crippen LogP contribution in [0.15, 0.2) is 53.6 Å². The minimum atomic E-state index is 0.256. The van der Waals surface area contributed by atoms with Crippen LogP contribution < -0.4 is 4.90 Å². The van der Waals surface area contributed by atoms with Gasteiger partial charge >= 0.3 is 0 Å². The fourth-order valence-corrected chi connectivity index (χ4v) is 2.59. The second-order valence-electron chi connectivity index (χ2n) is 5.22. The van der Waals surface area contributed by atoms with Crippen LogP contribution in [0.1, 0.15) is 5.56 Å². The number of phenols is 1. The molecule has 5 heteroatoms. The average molecular weight is 316 g/mol. The third-order valence-electron chi connectivity index (χ3n) is 3.74. The average Bonchev–Trinajstić information content (AvgIpc) is 2.55. The maximum atomic E-state index is 9.72. The molecular formula is C17H18ClN3O. The zero-order chi connectivity index (χ0) is 15.4. The van der Waals surface area contributed by atoms with E-state index in [9.17, 15) is 5.11 Å². The largest absolute Gasteiger partial charge is 0.507 e. The molecule has 1 heterocycles. The molecule has 0 amide bonds. The van der Waals surface area contributed by atoms with Crippen molar-refractivity contribution in [3.05, 3.63) is 59.1 Å². The first-order valence-electron chi connectivity index (χ1n) is 7.30. The molecule has 0 aromatic heterocycles. The minimum absolute atomic E-state index is 0.256. The monoisotopic (exact) mass is 315 g/mol. The van der Waals surface area contributed by atoms with Crippen molar-refractivity contribution in [1.29, 1.82) is 0 Å². The lowest BCUT2D eigenvalue weighted by Gasteiger charge is -2.34. The Hall–Kier alpha value is -2.20. The van der Waals surface area contributed by atoms with Gasteiger partial charge in [-0.3, -0.25) is 5.01 Å². The first kappa shape index (κ1) is 14.7. The predicted molar refractivity (Wildman–Crippen MR) is 90.9 cm³/mol. The highest BCUT2D eigenvalue weighted by molar-refractivity contribution is 6.30. The molecule has 0 bridgehead atoms. The molecule has 0 unspecified atom stereocenters. The van der Waals surface area contributed by atoms with Gasteiger partial charge in [-0.15, -0.1) is 0 Å². The minimum Gasteiger partial charge on any atom is -0.507 e. The summed E-state index contributed by atoms with van der Waals surface area (Å²) in [7, 11) is 0. The van der Waals surface area contributed by atoms with Crippen LogP contribution >= 0.6 is 11.6 Å². The summed E-state index contributed by atoms with van der Waals surface area (Å²) in [6.45, 7) is 3.54. The van der Waals surface area contributed by atoms with Gasteiger partial charge in [0.2, 0.25) is 0 Å². The van der Waals surface area contributed by atoms with E-state index in [4.69, 9.17) is 11.6 Å². The van der Waals surface area contributed by atoms with Crippen LogP contribution in [0, 0.1) is 0 Å². The lowest BCUT2D eigenvalue weighted by molar-refractivity contribution is 0.272. The molecule has 114 valence electrons. The first-order valence-corrected chi connectivity index (χ1v) is 7.67. The number of piperazine rings is 1. The van der Waals surface area contributed by atoms with E-state index in [1.165, 1.54) is 5.69 Å². The number of benzene rings is 2. The summed E-state index contributed by atoms with van der Waals surface area (Å²) in [5.74, 6) is 0.256. The number of halogens is 1. The van der Waals surface area contributed by atoms with Crippen LogP contribution in [0.25, 0.3) is 0 Å². The van der Waals surface area contributed by atoms with Crippen LogP contribution in [-0.2, 0) is 0 Å². The van der Waals surface area contributed by atoms with Gasteiger partial charge in [0, 0.05) is 29.4 Å². The molecule has 1 aliphatic heterocycles. The molecule has 3 rings (SSSR count). The Morgan fingerprint density at radius 2 is 1.64 bits per heavy atom. The number of rotatable bonds is 3. The summed E-state index contributed by atoms with van der Waals surface area (Å²) in [5, 5.41) is 17.0. The van der Waals surface area contributed by atoms with Crippen molar-refractivity contribution < 1.29 is 5.11 Å². The van der Waals surface area contributed by atoms with Gasteiger partial charge in [-0.2, -0.15) is 5.10 Å². The maximum Gasteiger partial charge on any atom is 0.124 e. The standard InChI is InChI=1S/C17H18ClN3O/c18-15-5-7-16(8-6-15)20-9-11-21(12-10-20)19-13-14-3-1-2-4-17(14)22/h1-8,13,22H,9-12H2. The second-order valence-corrected chi connectivity index (χ2v) is 5.66. The number of anilines is 1. The third-order valence-corrected chi connectivity index (χ3v) is 4.00. The Labute approximate surface area is 135 Å². The van der Waals surface area contributed by atoms with Gasteiger partial charge in [-0.1, -0.05) is 23.7 Å². The third kappa shape index (κ3) is 3.52. The normalized spacial score (nSPS) is 15.5. The topological polar surface area (TPSA) is 39.1 Å². The summed E-state index contributed by atoms with van der Waals surface area (Å²) >= 11 is 5.92. The van der Waals surface area contributed by atoms with Gasteiger partial charge in [0.15, 0.2) is 0 Å². The number of para-hydroxylation sites is 1. The van der Waals surface area contributed by atoms with Crippen LogP contribution in [-0.4, -0.2) is 42.5 Å². The van der Waals surface area contributed by atoms with Gasteiger partial charge < -0.3 is 10.0 Å². The Morgan fingerprint density at radius 3 is 2.32 bits per heavy atom. The van der Waals surface area contributed by atoms with Crippen molar-refractivity contribution in [2.75, 3.05) is 31.1 Å². The molecule has 0 aliphatic carbocycles. The molecule has 1 fully saturated rings. The van der Waals surface area contributed by atoms with E-state index < -0.39 is 0 Å². The van der Waals surface area contributed by atoms with Gasteiger partial charge in [0.1, 0.15) is 5.75 Å². The van der Waals surface area contributed by atoms with Crippen molar-refractivity contribution in [1.82, 2.24) is 5.01 Å². The van der Waals surface area contributed by atoms with E-state index >= 15 is 0 Å². The van der Waals surface area contributed by atoms with Crippen molar-refractivity contribution >= 4 is 23.5 Å². The van der Waals surface area contributed by atoms with Crippen LogP contribution in [0.4, 0.5) is 5.69 Å². The first-order chi connectivity index (χ1) is 10.7. The number of aromatic hydroxyl groups is 1. The van der Waals surface area contributed by atoms with Crippen molar-refractivity contribution in [3.63, 3.8) is 0 Å². The molecule has 0 spiro atoms. The molecule has 1 N–H and O–H groups in total. The zero-order valence-electron chi connectivity index (χ0n) is 12.2. The van der Waals surface area contributed by atoms with Crippen LogP contribution in [0.3, 0.4) is 0 Å². The van der Waals surface area contributed by atoms with Crippen molar-refractivity contribution in [2.45, 2.75) is 0 Å². The summed E-state index contributed by atoms with van der Waals surface area (Å²) in [6, 6.07) is 15.1. The molecule has 2 aromatic carbocycles. The van der Waals surface area contributed by atoms with E-state index in [1.54, 1.807) is 18.3 Å². The number of nitrogens with zero attached hydrogens (tertiary/aromatic N) is 3. The Kier molecular flexibility index (Phi) is 4.49. The Morgan fingerprint density at radius 1 is 0.955 bits per heavy atom. The lowest BCUT2D eigenvalue weighted by atomic mass is 10.2. The maximum absolute atomic E-state index is 9.72. The summed E-state index contributed by atoms with van der Waals surface area (Å²) in [5.41, 5.74) is 1.93. The highest BCUT2D eigenvalue weighted by atomic mass is 35.5. The molecule has 22 heavy (non-hydrogen) atoms. The number of hydrogen-bond donors (Lipinski definition) is 1. The van der Waals surface area contributed by atoms with Crippen LogP contribution in [0.2, 0.25) is 5.02 Å². The highest BCUT2D eigenvalue weighted by Crippen LogP contribution is 2.19. The number of phenolic OH excluding ortho intramolecular Hbond substituents is 1. The molecule has 1 aliphatic rings. The van der Waals surface area contributed by atoms with Crippen LogP contribution in [0.5, 0.6) is 5.75 Å².